The number of carbonyl (C=O) groups excluding carboxylic acids is 2. The van der Waals surface area contributed by atoms with E-state index in [9.17, 15) is 19.2 Å². The van der Waals surface area contributed by atoms with Gasteiger partial charge in [0.05, 0.1) is 13.2 Å². The van der Waals surface area contributed by atoms with Crippen molar-refractivity contribution < 1.29 is 46.6 Å². The van der Waals surface area contributed by atoms with Gasteiger partial charge in [0.1, 0.15) is 59.5 Å². The van der Waals surface area contributed by atoms with Crippen LogP contribution in [0.15, 0.2) is 143 Å². The van der Waals surface area contributed by atoms with Crippen LogP contribution in [0.2, 0.25) is 0 Å². The molecule has 82 heavy (non-hydrogen) atoms. The zero-order valence-corrected chi connectivity index (χ0v) is 47.8. The minimum absolute atomic E-state index is 0.0350. The van der Waals surface area contributed by atoms with Crippen LogP contribution in [0.1, 0.15) is 120 Å². The molecule has 20 nitrogen and oxygen atoms in total. The van der Waals surface area contributed by atoms with E-state index < -0.39 is 76.5 Å². The summed E-state index contributed by atoms with van der Waals surface area (Å²) in [5, 5.41) is 5.51. The number of hydrogen-bond acceptors (Lipinski definition) is 16. The number of ether oxygens (including phenoxy) is 4. The summed E-state index contributed by atoms with van der Waals surface area (Å²) in [5.41, 5.74) is 2.11. The van der Waals surface area contributed by atoms with Crippen molar-refractivity contribution in [2.24, 2.45) is 0 Å². The molecular formula is C60H66N8O12P2. The van der Waals surface area contributed by atoms with E-state index in [2.05, 4.69) is 54.2 Å². The third kappa shape index (κ3) is 10.1. The normalized spacial score (nSPS) is 32.3. The number of aromatic nitrogens is 4. The Morgan fingerprint density at radius 1 is 0.585 bits per heavy atom. The Bertz CT molecular complexity index is 3200. The van der Waals surface area contributed by atoms with E-state index in [4.69, 9.17) is 37.0 Å². The van der Waals surface area contributed by atoms with Gasteiger partial charge in [0.15, 0.2) is 12.5 Å². The first-order valence-corrected chi connectivity index (χ1v) is 30.6. The van der Waals surface area contributed by atoms with Crippen LogP contribution in [0.5, 0.6) is 0 Å². The molecule has 6 aromatic rings. The van der Waals surface area contributed by atoms with E-state index >= 15 is 0 Å². The van der Waals surface area contributed by atoms with E-state index in [-0.39, 0.29) is 47.7 Å². The molecule has 4 bridgehead atoms. The predicted molar refractivity (Wildman–Crippen MR) is 305 cm³/mol. The lowest BCUT2D eigenvalue weighted by Gasteiger charge is -2.31. The second kappa shape index (κ2) is 22.9. The van der Waals surface area contributed by atoms with Gasteiger partial charge in [0.25, 0.3) is 28.9 Å². The molecule has 8 aliphatic rings. The van der Waals surface area contributed by atoms with E-state index in [1.165, 1.54) is 9.13 Å². The third-order valence-electron chi connectivity index (χ3n) is 17.2. The molecule has 22 heteroatoms. The quantitative estimate of drug-likeness (QED) is 0.0974. The fraction of sp³-hybridized carbons (Fsp3) is 0.433. The first kappa shape index (κ1) is 55.2. The average molecular weight is 1150 g/mol. The number of rotatable bonds is 14. The SMILES string of the molecule is CC[C@]12CO[C@@H](C1O[P@@]1O[C@H](c3ccccc3)[C@@H]3CCCN31)[C@H](n1cc(C)c(NC(=O)c3ccccc3)nc1=O)O2.CC[C@]12CO[C@@H](C1O[P@]1O[C@@H](c3ccccc3)[C@H]3CCCN31)[C@H](n1cc(C)c(NC(=O)c3ccccc3)nc1=O)O2. The third-order valence-corrected chi connectivity index (χ3v) is 20.7. The van der Waals surface area contributed by atoms with Crippen LogP contribution >= 0.6 is 17.1 Å². The van der Waals surface area contributed by atoms with Crippen LogP contribution in [0.25, 0.3) is 0 Å². The Morgan fingerprint density at radius 3 is 1.34 bits per heavy atom. The smallest absolute Gasteiger partial charge is 0.351 e. The van der Waals surface area contributed by atoms with Crippen LogP contribution in [0.3, 0.4) is 0 Å². The molecule has 4 aromatic carbocycles. The van der Waals surface area contributed by atoms with Crippen LogP contribution in [0.4, 0.5) is 11.6 Å². The standard InChI is InChI=1S/2C30H33N4O6P/c2*1-3-30-18-37-24(25(30)40-41-34-16-10-15-22(34)23(39-41)20-11-6-4-7-12-20)28(38-30)33-17-19(2)26(32-29(33)36)31-27(35)21-13-8-5-9-14-21/h2*4-9,11-14,17,22-25,28H,3,10,15-16,18H2,1-2H3,(H,31,32,35,36)/t22-,23+,24+,25?,28-,30+,41+;22-,23+,24-,25?,28+,30-,41+/m10/s1. The molecule has 0 radical (unpaired) electrons. The van der Waals surface area contributed by atoms with Crippen molar-refractivity contribution in [1.82, 2.24) is 28.4 Å². The van der Waals surface area contributed by atoms with Gasteiger partial charge < -0.3 is 47.7 Å². The number of aryl methyl sites for hydroxylation is 2. The second-order valence-corrected chi connectivity index (χ2v) is 24.9. The Labute approximate surface area is 477 Å². The van der Waals surface area contributed by atoms with Gasteiger partial charge in [0, 0.05) is 59.8 Å². The van der Waals surface area contributed by atoms with Crippen molar-refractivity contribution in [2.45, 2.75) is 139 Å². The largest absolute Gasteiger partial charge is 0.368 e. The molecule has 14 rings (SSSR count). The minimum atomic E-state index is -1.33. The van der Waals surface area contributed by atoms with Crippen molar-refractivity contribution in [3.63, 3.8) is 0 Å². The fourth-order valence-corrected chi connectivity index (χ4v) is 16.8. The summed E-state index contributed by atoms with van der Waals surface area (Å²) in [4.78, 5) is 60.3. The molecule has 2 N–H and O–H groups in total. The molecule has 8 saturated heterocycles. The Hall–Kier alpha value is -5.96. The highest BCUT2D eigenvalue weighted by molar-refractivity contribution is 7.45. The summed E-state index contributed by atoms with van der Waals surface area (Å²) >= 11 is 0. The van der Waals surface area contributed by atoms with Crippen molar-refractivity contribution in [1.29, 1.82) is 0 Å². The number of hydrogen-bond donors (Lipinski definition) is 2. The minimum Gasteiger partial charge on any atom is -0.368 e. The summed E-state index contributed by atoms with van der Waals surface area (Å²) < 4.78 is 60.1. The summed E-state index contributed by atoms with van der Waals surface area (Å²) in [6.07, 6.45) is 5.73. The van der Waals surface area contributed by atoms with Gasteiger partial charge in [-0.25, -0.2) is 18.9 Å². The topological polar surface area (TPSA) is 208 Å². The Morgan fingerprint density at radius 2 is 0.963 bits per heavy atom. The average Bonchev–Trinajstić information content (AvgIpc) is 3.33. The highest BCUT2D eigenvalue weighted by Crippen LogP contribution is 2.65. The van der Waals surface area contributed by atoms with E-state index in [0.29, 0.717) is 48.3 Å². The van der Waals surface area contributed by atoms with Crippen LogP contribution in [0, 0.1) is 13.8 Å². The molecular weight excluding hydrogens is 1090 g/mol. The van der Waals surface area contributed by atoms with Crippen LogP contribution in [-0.2, 0) is 37.0 Å². The molecule has 428 valence electrons. The van der Waals surface area contributed by atoms with Gasteiger partial charge in [-0.3, -0.25) is 18.7 Å². The Balaban J connectivity index is 0.000000154. The monoisotopic (exact) mass is 1150 g/mol. The van der Waals surface area contributed by atoms with Crippen molar-refractivity contribution >= 4 is 40.5 Å². The van der Waals surface area contributed by atoms with Gasteiger partial charge >= 0.3 is 11.4 Å². The molecule has 2 aromatic heterocycles. The number of anilines is 2. The molecule has 0 spiro atoms. The van der Waals surface area contributed by atoms with Gasteiger partial charge in [-0.05, 0) is 87.8 Å². The zero-order valence-electron chi connectivity index (χ0n) is 46.0. The molecule has 8 fully saturated rings. The number of benzene rings is 4. The molecule has 2 amide bonds. The van der Waals surface area contributed by atoms with Gasteiger partial charge in [0.2, 0.25) is 0 Å². The number of nitrogens with one attached hydrogen (secondary N) is 2. The molecule has 10 heterocycles. The zero-order chi connectivity index (χ0) is 56.3. The van der Waals surface area contributed by atoms with Gasteiger partial charge in [-0.1, -0.05) is 111 Å². The van der Waals surface area contributed by atoms with Crippen LogP contribution in [-0.4, -0.2) is 114 Å². The van der Waals surface area contributed by atoms with Crippen molar-refractivity contribution in [3.8, 4) is 0 Å². The molecule has 14 atom stereocenters. The number of amides is 2. The highest BCUT2D eigenvalue weighted by Gasteiger charge is 2.66. The highest BCUT2D eigenvalue weighted by atomic mass is 31.2. The number of carbonyl (C=O) groups is 2. The maximum absolute atomic E-state index is 13.3. The lowest BCUT2D eigenvalue weighted by molar-refractivity contribution is -0.175. The van der Waals surface area contributed by atoms with Crippen molar-refractivity contribution in [2.75, 3.05) is 36.9 Å². The maximum Gasteiger partial charge on any atom is 0.351 e. The maximum atomic E-state index is 13.3. The predicted octanol–water partition coefficient (Wildman–Crippen LogP) is 9.46. The summed E-state index contributed by atoms with van der Waals surface area (Å²) in [7, 11) is -2.65. The van der Waals surface area contributed by atoms with E-state index in [0.717, 1.165) is 49.9 Å². The molecule has 0 aliphatic carbocycles. The van der Waals surface area contributed by atoms with Crippen molar-refractivity contribution in [3.05, 3.63) is 188 Å². The molecule has 0 saturated carbocycles. The summed E-state index contributed by atoms with van der Waals surface area (Å²) in [6.45, 7) is 10.3. The van der Waals surface area contributed by atoms with Gasteiger partial charge in [-0.15, -0.1) is 0 Å². The number of nitrogens with zero attached hydrogens (tertiary/aromatic N) is 6. The second-order valence-electron chi connectivity index (χ2n) is 22.1. The fourth-order valence-electron chi connectivity index (χ4n) is 12.7. The van der Waals surface area contributed by atoms with Crippen LogP contribution < -0.4 is 22.0 Å². The lowest BCUT2D eigenvalue weighted by Crippen LogP contribution is -2.41. The summed E-state index contributed by atoms with van der Waals surface area (Å²) in [5.74, 6) is -0.220. The molecule has 2 unspecified atom stereocenters. The van der Waals surface area contributed by atoms with E-state index in [1.54, 1.807) is 74.8 Å². The van der Waals surface area contributed by atoms with E-state index in [1.807, 2.05) is 62.4 Å². The summed E-state index contributed by atoms with van der Waals surface area (Å²) in [6, 6.07) is 38.9. The first-order valence-electron chi connectivity index (χ1n) is 28.4. The Kier molecular flexibility index (Phi) is 15.4. The molecule has 8 aliphatic heterocycles. The first-order chi connectivity index (χ1) is 39.9. The number of fused-ring (bicyclic) bond motifs is 6. The van der Waals surface area contributed by atoms with Gasteiger partial charge in [-0.2, -0.15) is 9.97 Å². The lowest BCUT2D eigenvalue weighted by atomic mass is 9.96.